The Morgan fingerprint density at radius 2 is 1.45 bits per heavy atom. The van der Waals surface area contributed by atoms with Crippen molar-refractivity contribution in [2.75, 3.05) is 0 Å². The van der Waals surface area contributed by atoms with E-state index in [1.165, 1.54) is 23.1 Å². The number of rotatable bonds is 5. The largest absolute Gasteiger partial charge is 0.443 e. The van der Waals surface area contributed by atoms with Gasteiger partial charge in [0, 0.05) is 41.5 Å². The number of amides is 2. The van der Waals surface area contributed by atoms with E-state index in [9.17, 15) is 19.6 Å². The molecule has 0 aliphatic rings. The lowest BCUT2D eigenvalue weighted by Crippen LogP contribution is -2.43. The van der Waals surface area contributed by atoms with Gasteiger partial charge >= 0.3 is 12.2 Å². The van der Waals surface area contributed by atoms with E-state index in [4.69, 9.17) is 9.47 Å². The predicted molar refractivity (Wildman–Crippen MR) is 156 cm³/mol. The average Bonchev–Trinajstić information content (AvgIpc) is 3.27. The highest BCUT2D eigenvalue weighted by Crippen LogP contribution is 2.27. The molecule has 0 aliphatic heterocycles. The maximum absolute atomic E-state index is 13.7. The Kier molecular flexibility index (Phi) is 8.91. The second-order valence-electron chi connectivity index (χ2n) is 13.0. The van der Waals surface area contributed by atoms with Crippen LogP contribution in [0.4, 0.5) is 9.59 Å². The molecule has 0 bridgehead atoms. The van der Waals surface area contributed by atoms with Gasteiger partial charge in [-0.15, -0.1) is 0 Å². The lowest BCUT2D eigenvalue weighted by molar-refractivity contribution is -0.000294. The molecule has 0 saturated heterocycles. The molecule has 1 aromatic carbocycles. The molecule has 2 aromatic heterocycles. The Hall–Kier alpha value is -4.59. The monoisotopic (exact) mass is 574 g/mol. The molecule has 0 saturated carbocycles. The SMILES string of the molecule is Cn1nc(C(C)(C)C)cc1C(=O)c1cc(C#N)ccc1-c1ncc(CN(C(=O)OC(C)(C)C)C(=O)OC(C)(C)C)cn1. The Balaban J connectivity index is 1.98. The zero-order chi connectivity index (χ0) is 31.6. The molecule has 2 amide bonds. The number of imide groups is 1. The molecule has 3 aromatic rings. The summed E-state index contributed by atoms with van der Waals surface area (Å²) in [7, 11) is 1.70. The Morgan fingerprint density at radius 1 is 0.905 bits per heavy atom. The quantitative estimate of drug-likeness (QED) is 0.338. The number of hydrogen-bond acceptors (Lipinski definition) is 9. The topological polar surface area (TPSA) is 140 Å². The smallest absolute Gasteiger partial charge is 0.420 e. The molecule has 0 unspecified atom stereocenters. The van der Waals surface area contributed by atoms with Gasteiger partial charge in [0.1, 0.15) is 16.9 Å². The van der Waals surface area contributed by atoms with Crippen molar-refractivity contribution in [3.05, 3.63) is 64.7 Å². The van der Waals surface area contributed by atoms with Gasteiger partial charge in [0.05, 0.1) is 23.9 Å². The summed E-state index contributed by atoms with van der Waals surface area (Å²) >= 11 is 0. The molecule has 42 heavy (non-hydrogen) atoms. The first kappa shape index (κ1) is 31.9. The van der Waals surface area contributed by atoms with E-state index in [2.05, 4.69) is 21.1 Å². The molecule has 0 N–H and O–H groups in total. The van der Waals surface area contributed by atoms with Gasteiger partial charge in [-0.3, -0.25) is 9.48 Å². The van der Waals surface area contributed by atoms with E-state index in [1.807, 2.05) is 20.8 Å². The van der Waals surface area contributed by atoms with Crippen LogP contribution in [0.25, 0.3) is 11.4 Å². The maximum Gasteiger partial charge on any atom is 0.420 e. The van der Waals surface area contributed by atoms with Gasteiger partial charge in [-0.05, 0) is 65.8 Å². The first-order valence-corrected chi connectivity index (χ1v) is 13.5. The molecular weight excluding hydrogens is 536 g/mol. The third-order valence-corrected chi connectivity index (χ3v) is 5.79. The van der Waals surface area contributed by atoms with Crippen LogP contribution in [0, 0.1) is 11.3 Å². The van der Waals surface area contributed by atoms with Crippen molar-refractivity contribution in [1.82, 2.24) is 24.6 Å². The number of nitrogens with zero attached hydrogens (tertiary/aromatic N) is 6. The zero-order valence-corrected chi connectivity index (χ0v) is 25.9. The predicted octanol–water partition coefficient (Wildman–Crippen LogP) is 5.95. The number of hydrogen-bond donors (Lipinski definition) is 0. The van der Waals surface area contributed by atoms with E-state index in [-0.39, 0.29) is 29.1 Å². The fraction of sp³-hybridized carbons (Fsp3) is 0.452. The van der Waals surface area contributed by atoms with Crippen molar-refractivity contribution < 1.29 is 23.9 Å². The van der Waals surface area contributed by atoms with E-state index < -0.39 is 23.4 Å². The molecule has 11 heteroatoms. The normalized spacial score (nSPS) is 11.9. The molecule has 0 radical (unpaired) electrons. The van der Waals surface area contributed by atoms with Crippen LogP contribution in [-0.4, -0.2) is 53.8 Å². The molecule has 0 aliphatic carbocycles. The van der Waals surface area contributed by atoms with Crippen molar-refractivity contribution in [1.29, 1.82) is 5.26 Å². The highest BCUT2D eigenvalue weighted by atomic mass is 16.6. The third kappa shape index (κ3) is 8.00. The molecule has 0 fully saturated rings. The molecule has 11 nitrogen and oxygen atoms in total. The van der Waals surface area contributed by atoms with Crippen LogP contribution >= 0.6 is 0 Å². The molecule has 0 spiro atoms. The maximum atomic E-state index is 13.7. The summed E-state index contributed by atoms with van der Waals surface area (Å²) in [6, 6.07) is 8.53. The number of benzene rings is 1. The number of aromatic nitrogens is 4. The summed E-state index contributed by atoms with van der Waals surface area (Å²) in [6.07, 6.45) is 1.18. The van der Waals surface area contributed by atoms with Gasteiger partial charge in [-0.25, -0.2) is 24.5 Å². The van der Waals surface area contributed by atoms with Crippen LogP contribution in [0.2, 0.25) is 0 Å². The number of aryl methyl sites for hydroxylation is 1. The van der Waals surface area contributed by atoms with Crippen molar-refractivity contribution in [3.63, 3.8) is 0 Å². The zero-order valence-electron chi connectivity index (χ0n) is 25.9. The number of carbonyl (C=O) groups excluding carboxylic acids is 3. The van der Waals surface area contributed by atoms with Crippen LogP contribution in [0.5, 0.6) is 0 Å². The first-order chi connectivity index (χ1) is 19.3. The molecule has 0 atom stereocenters. The van der Waals surface area contributed by atoms with E-state index in [0.717, 1.165) is 10.6 Å². The highest BCUT2D eigenvalue weighted by Gasteiger charge is 2.32. The van der Waals surface area contributed by atoms with Crippen LogP contribution in [0.15, 0.2) is 36.7 Å². The van der Waals surface area contributed by atoms with Gasteiger partial charge in [0.15, 0.2) is 5.82 Å². The van der Waals surface area contributed by atoms with Gasteiger partial charge in [0.2, 0.25) is 5.78 Å². The third-order valence-electron chi connectivity index (χ3n) is 5.79. The second-order valence-corrected chi connectivity index (χ2v) is 13.0. The van der Waals surface area contributed by atoms with E-state index >= 15 is 0 Å². The van der Waals surface area contributed by atoms with Crippen LogP contribution in [0.1, 0.15) is 95.2 Å². The number of carbonyl (C=O) groups is 3. The summed E-state index contributed by atoms with van der Waals surface area (Å²) < 4.78 is 12.4. The summed E-state index contributed by atoms with van der Waals surface area (Å²) in [4.78, 5) is 49.2. The number of ether oxygens (including phenoxy) is 2. The summed E-state index contributed by atoms with van der Waals surface area (Å²) in [6.45, 7) is 16.0. The van der Waals surface area contributed by atoms with Crippen molar-refractivity contribution >= 4 is 18.0 Å². The van der Waals surface area contributed by atoms with Crippen LogP contribution < -0.4 is 0 Å². The Labute approximate surface area is 246 Å². The van der Waals surface area contributed by atoms with Gasteiger partial charge in [0.25, 0.3) is 0 Å². The molecule has 2 heterocycles. The highest BCUT2D eigenvalue weighted by molar-refractivity contribution is 6.11. The van der Waals surface area contributed by atoms with Crippen molar-refractivity contribution in [2.24, 2.45) is 7.05 Å². The lowest BCUT2D eigenvalue weighted by atomic mass is 9.91. The average molecular weight is 575 g/mol. The number of nitriles is 1. The summed E-state index contributed by atoms with van der Waals surface area (Å²) in [5, 5.41) is 14.0. The summed E-state index contributed by atoms with van der Waals surface area (Å²) in [5.74, 6) is -0.104. The summed E-state index contributed by atoms with van der Waals surface area (Å²) in [5.41, 5.74) is 0.578. The second kappa shape index (κ2) is 11.7. The first-order valence-electron chi connectivity index (χ1n) is 13.5. The fourth-order valence-electron chi connectivity index (χ4n) is 3.78. The van der Waals surface area contributed by atoms with Crippen LogP contribution in [0.3, 0.4) is 0 Å². The van der Waals surface area contributed by atoms with Gasteiger partial charge in [-0.2, -0.15) is 10.4 Å². The van der Waals surface area contributed by atoms with E-state index in [1.54, 1.807) is 66.8 Å². The minimum Gasteiger partial charge on any atom is -0.443 e. The molecular formula is C31H38N6O5. The van der Waals surface area contributed by atoms with Crippen molar-refractivity contribution in [3.8, 4) is 17.5 Å². The van der Waals surface area contributed by atoms with E-state index in [0.29, 0.717) is 22.4 Å². The Morgan fingerprint density at radius 3 is 1.90 bits per heavy atom. The lowest BCUT2D eigenvalue weighted by Gasteiger charge is -2.28. The number of ketones is 1. The Bertz CT molecular complexity index is 1500. The molecule has 222 valence electrons. The van der Waals surface area contributed by atoms with Gasteiger partial charge in [-0.1, -0.05) is 20.8 Å². The van der Waals surface area contributed by atoms with Gasteiger partial charge < -0.3 is 9.47 Å². The minimum absolute atomic E-state index is 0.201. The van der Waals surface area contributed by atoms with Crippen LogP contribution in [-0.2, 0) is 28.5 Å². The molecule has 3 rings (SSSR count). The minimum atomic E-state index is -0.869. The fourth-order valence-corrected chi connectivity index (χ4v) is 3.78. The standard InChI is InChI=1S/C31H38N6O5/c1-29(2,3)24-14-23(36(10)35-24)25(38)22-13-19(15-32)11-12-21(22)26-33-16-20(17-34-26)18-37(27(39)41-30(4,5)6)28(40)42-31(7,8)9/h11-14,16-17H,18H2,1-10H3. The van der Waals surface area contributed by atoms with Crippen molar-refractivity contribution in [2.45, 2.75) is 85.5 Å².